The fourth-order valence-electron chi connectivity index (χ4n) is 3.26. The second-order valence-corrected chi connectivity index (χ2v) is 9.24. The first-order valence-electron chi connectivity index (χ1n) is 9.83. The summed E-state index contributed by atoms with van der Waals surface area (Å²) in [5.74, 6) is 0.0695. The lowest BCUT2D eigenvalue weighted by Crippen LogP contribution is -2.28. The lowest BCUT2D eigenvalue weighted by molar-refractivity contribution is -0.122. The minimum atomic E-state index is -0.482. The van der Waals surface area contributed by atoms with Crippen molar-refractivity contribution in [1.29, 1.82) is 0 Å². The van der Waals surface area contributed by atoms with E-state index >= 15 is 0 Å². The Hall–Kier alpha value is -3.24. The van der Waals surface area contributed by atoms with Crippen molar-refractivity contribution in [2.24, 2.45) is 5.92 Å². The van der Waals surface area contributed by atoms with Crippen molar-refractivity contribution < 1.29 is 19.1 Å². The molecule has 10 heteroatoms. The lowest BCUT2D eigenvalue weighted by atomic mass is 10.1. The summed E-state index contributed by atoms with van der Waals surface area (Å²) in [5.41, 5.74) is 1.37. The Morgan fingerprint density at radius 2 is 1.91 bits per heavy atom. The summed E-state index contributed by atoms with van der Waals surface area (Å²) in [6.07, 6.45) is 0.129. The third kappa shape index (κ3) is 5.14. The standard InChI is InChI=1S/C22H20N4O4S2/c1-30-17-9-7-16(8-10-17)26-12-15(11-19(26)28)20(29)23-21-24-25-22(32-21)31-13-18(27)14-5-3-2-4-6-14/h2-10,15H,11-13H2,1H3,(H,23,24,29)/t15-/m1/s1. The number of ether oxygens (including phenoxy) is 1. The Kier molecular flexibility index (Phi) is 6.81. The van der Waals surface area contributed by atoms with Crippen LogP contribution in [-0.2, 0) is 9.59 Å². The number of rotatable bonds is 8. The SMILES string of the molecule is COc1ccc(N2C[C@H](C(=O)Nc3nnc(SCC(=O)c4ccccc4)s3)CC2=O)cc1. The van der Waals surface area contributed by atoms with Crippen LogP contribution in [0.15, 0.2) is 58.9 Å². The molecular weight excluding hydrogens is 448 g/mol. The number of amides is 2. The normalized spacial score (nSPS) is 15.6. The smallest absolute Gasteiger partial charge is 0.231 e. The number of carbonyl (C=O) groups excluding carboxylic acids is 3. The highest BCUT2D eigenvalue weighted by Crippen LogP contribution is 2.29. The molecule has 1 aliphatic heterocycles. The highest BCUT2D eigenvalue weighted by atomic mass is 32.2. The number of Topliss-reactive ketones (excluding diaryl/α,β-unsaturated/α-hetero) is 1. The van der Waals surface area contributed by atoms with E-state index in [4.69, 9.17) is 4.74 Å². The molecule has 0 spiro atoms. The molecule has 2 amide bonds. The molecule has 0 bridgehead atoms. The molecule has 1 aromatic heterocycles. The maximum Gasteiger partial charge on any atom is 0.231 e. The second-order valence-electron chi connectivity index (χ2n) is 7.04. The Morgan fingerprint density at radius 3 is 2.62 bits per heavy atom. The molecule has 1 N–H and O–H groups in total. The van der Waals surface area contributed by atoms with Gasteiger partial charge in [0.25, 0.3) is 0 Å². The van der Waals surface area contributed by atoms with Crippen LogP contribution >= 0.6 is 23.1 Å². The first-order valence-corrected chi connectivity index (χ1v) is 11.6. The van der Waals surface area contributed by atoms with Crippen LogP contribution in [0.5, 0.6) is 5.75 Å². The van der Waals surface area contributed by atoms with E-state index < -0.39 is 5.92 Å². The van der Waals surface area contributed by atoms with Gasteiger partial charge in [0.15, 0.2) is 10.1 Å². The highest BCUT2D eigenvalue weighted by Gasteiger charge is 2.35. The number of nitrogens with zero attached hydrogens (tertiary/aromatic N) is 3. The molecule has 0 unspecified atom stereocenters. The summed E-state index contributed by atoms with van der Waals surface area (Å²) in [6, 6.07) is 16.2. The van der Waals surface area contributed by atoms with Crippen LogP contribution in [0, 0.1) is 5.92 Å². The van der Waals surface area contributed by atoms with Gasteiger partial charge in [-0.25, -0.2) is 0 Å². The number of hydrogen-bond acceptors (Lipinski definition) is 8. The zero-order valence-electron chi connectivity index (χ0n) is 17.2. The highest BCUT2D eigenvalue weighted by molar-refractivity contribution is 8.01. The molecule has 2 heterocycles. The van der Waals surface area contributed by atoms with Crippen LogP contribution in [0.2, 0.25) is 0 Å². The molecule has 1 atom stereocenters. The molecule has 32 heavy (non-hydrogen) atoms. The number of nitrogens with one attached hydrogen (secondary N) is 1. The molecule has 1 aliphatic rings. The molecule has 164 valence electrons. The van der Waals surface area contributed by atoms with Crippen molar-refractivity contribution in [1.82, 2.24) is 10.2 Å². The quantitative estimate of drug-likeness (QED) is 0.307. The van der Waals surface area contributed by atoms with Crippen molar-refractivity contribution in [3.63, 3.8) is 0 Å². The van der Waals surface area contributed by atoms with Crippen molar-refractivity contribution in [3.8, 4) is 5.75 Å². The fraction of sp³-hybridized carbons (Fsp3) is 0.227. The summed E-state index contributed by atoms with van der Waals surface area (Å²) in [4.78, 5) is 38.9. The molecule has 4 rings (SSSR count). The number of hydrogen-bond donors (Lipinski definition) is 1. The van der Waals surface area contributed by atoms with Crippen molar-refractivity contribution >= 4 is 51.5 Å². The zero-order chi connectivity index (χ0) is 22.5. The number of anilines is 2. The average Bonchev–Trinajstić information content (AvgIpc) is 3.44. The van der Waals surface area contributed by atoms with E-state index in [9.17, 15) is 14.4 Å². The summed E-state index contributed by atoms with van der Waals surface area (Å²) in [7, 11) is 1.58. The number of methoxy groups -OCH3 is 1. The van der Waals surface area contributed by atoms with Gasteiger partial charge < -0.3 is 15.0 Å². The van der Waals surface area contributed by atoms with Gasteiger partial charge in [-0.05, 0) is 24.3 Å². The molecule has 0 aliphatic carbocycles. The molecule has 1 saturated heterocycles. The van der Waals surface area contributed by atoms with Crippen LogP contribution in [0.1, 0.15) is 16.8 Å². The van der Waals surface area contributed by atoms with Crippen molar-refractivity contribution in [3.05, 3.63) is 60.2 Å². The van der Waals surface area contributed by atoms with Gasteiger partial charge in [-0.15, -0.1) is 10.2 Å². The van der Waals surface area contributed by atoms with Crippen LogP contribution in [-0.4, -0.2) is 47.2 Å². The number of aromatic nitrogens is 2. The van der Waals surface area contributed by atoms with E-state index in [0.717, 1.165) is 5.69 Å². The average molecular weight is 469 g/mol. The third-order valence-corrected chi connectivity index (χ3v) is 6.91. The number of ketones is 1. The Morgan fingerprint density at radius 1 is 1.16 bits per heavy atom. The van der Waals surface area contributed by atoms with Crippen molar-refractivity contribution in [2.75, 3.05) is 29.6 Å². The van der Waals surface area contributed by atoms with Crippen LogP contribution in [0.4, 0.5) is 10.8 Å². The third-order valence-electron chi connectivity index (χ3n) is 4.94. The van der Waals surface area contributed by atoms with Gasteiger partial charge in [0.2, 0.25) is 16.9 Å². The molecule has 8 nitrogen and oxygen atoms in total. The van der Waals surface area contributed by atoms with E-state index in [0.29, 0.717) is 27.3 Å². The summed E-state index contributed by atoms with van der Waals surface area (Å²) in [5, 5.41) is 11.1. The zero-order valence-corrected chi connectivity index (χ0v) is 18.8. The monoisotopic (exact) mass is 468 g/mol. The fourth-order valence-corrected chi connectivity index (χ4v) is 4.91. The number of thioether (sulfide) groups is 1. The summed E-state index contributed by atoms with van der Waals surface area (Å²) < 4.78 is 5.73. The predicted octanol–water partition coefficient (Wildman–Crippen LogP) is 3.51. The van der Waals surface area contributed by atoms with E-state index in [-0.39, 0.29) is 29.8 Å². The van der Waals surface area contributed by atoms with Crippen LogP contribution < -0.4 is 15.0 Å². The largest absolute Gasteiger partial charge is 0.497 e. The number of benzene rings is 2. The van der Waals surface area contributed by atoms with Gasteiger partial charge in [-0.1, -0.05) is 53.4 Å². The van der Waals surface area contributed by atoms with Gasteiger partial charge in [0.1, 0.15) is 5.75 Å². The summed E-state index contributed by atoms with van der Waals surface area (Å²) in [6.45, 7) is 0.295. The second kappa shape index (κ2) is 9.92. The molecule has 0 saturated carbocycles. The van der Waals surface area contributed by atoms with Gasteiger partial charge in [0.05, 0.1) is 18.8 Å². The van der Waals surface area contributed by atoms with Crippen LogP contribution in [0.3, 0.4) is 0 Å². The lowest BCUT2D eigenvalue weighted by Gasteiger charge is -2.16. The topological polar surface area (TPSA) is 101 Å². The minimum absolute atomic E-state index is 0.000484. The molecule has 3 aromatic rings. The first kappa shape index (κ1) is 22.0. The maximum absolute atomic E-state index is 12.7. The van der Waals surface area contributed by atoms with E-state index in [1.54, 1.807) is 48.4 Å². The van der Waals surface area contributed by atoms with E-state index in [1.807, 2.05) is 18.2 Å². The minimum Gasteiger partial charge on any atom is -0.497 e. The van der Waals surface area contributed by atoms with Crippen LogP contribution in [0.25, 0.3) is 0 Å². The van der Waals surface area contributed by atoms with Gasteiger partial charge in [-0.3, -0.25) is 14.4 Å². The molecule has 1 fully saturated rings. The first-order chi connectivity index (χ1) is 15.5. The predicted molar refractivity (Wildman–Crippen MR) is 123 cm³/mol. The Balaban J connectivity index is 1.31. The van der Waals surface area contributed by atoms with Gasteiger partial charge in [-0.2, -0.15) is 0 Å². The summed E-state index contributed by atoms with van der Waals surface area (Å²) >= 11 is 2.48. The maximum atomic E-state index is 12.7. The van der Waals surface area contributed by atoms with Crippen molar-refractivity contribution in [2.45, 2.75) is 10.8 Å². The van der Waals surface area contributed by atoms with Gasteiger partial charge in [0, 0.05) is 24.2 Å². The molecule has 2 aromatic carbocycles. The van der Waals surface area contributed by atoms with Gasteiger partial charge >= 0.3 is 0 Å². The Labute approximate surface area is 193 Å². The molecule has 0 radical (unpaired) electrons. The van der Waals surface area contributed by atoms with E-state index in [1.165, 1.54) is 23.1 Å². The molecular formula is C22H20N4O4S2. The van der Waals surface area contributed by atoms with E-state index in [2.05, 4.69) is 15.5 Å². The number of carbonyl (C=O) groups is 3. The Bertz CT molecular complexity index is 1120.